The summed E-state index contributed by atoms with van der Waals surface area (Å²) in [5.41, 5.74) is 4.46. The van der Waals surface area contributed by atoms with Crippen LogP contribution in [0.4, 0.5) is 0 Å². The van der Waals surface area contributed by atoms with Gasteiger partial charge in [-0.1, -0.05) is 19.0 Å². The van der Waals surface area contributed by atoms with Gasteiger partial charge in [0.15, 0.2) is 17.3 Å². The van der Waals surface area contributed by atoms with Crippen LogP contribution in [0, 0.1) is 5.41 Å². The molecule has 6 nitrogen and oxygen atoms in total. The highest BCUT2D eigenvalue weighted by atomic mass is 16.5. The number of hydrogen-bond acceptors (Lipinski definition) is 6. The number of ketones is 1. The highest BCUT2D eigenvalue weighted by Crippen LogP contribution is 2.49. The number of hydrogen-bond donors (Lipinski definition) is 1. The van der Waals surface area contributed by atoms with Crippen LogP contribution >= 0.6 is 0 Å². The summed E-state index contributed by atoms with van der Waals surface area (Å²) >= 11 is 0. The monoisotopic (exact) mass is 370 g/mol. The Kier molecular flexibility index (Phi) is 4.17. The number of rotatable bonds is 2. The third-order valence-corrected chi connectivity index (χ3v) is 6.00. The highest BCUT2D eigenvalue weighted by molar-refractivity contribution is 6.24. The Morgan fingerprint density at radius 3 is 2.56 bits per heavy atom. The maximum atomic E-state index is 12.8. The lowest BCUT2D eigenvalue weighted by Gasteiger charge is -2.48. The average Bonchev–Trinajstić information content (AvgIpc) is 2.64. The third-order valence-electron chi connectivity index (χ3n) is 6.00. The van der Waals surface area contributed by atoms with E-state index in [9.17, 15) is 10.0 Å². The molecule has 0 saturated heterocycles. The third kappa shape index (κ3) is 2.78. The maximum Gasteiger partial charge on any atom is 0.167 e. The van der Waals surface area contributed by atoms with Crippen LogP contribution in [-0.2, 0) is 11.2 Å². The second-order valence-corrected chi connectivity index (χ2v) is 8.38. The zero-order valence-corrected chi connectivity index (χ0v) is 16.3. The standard InChI is InChI=1S/C21H26N2O4/c1-21(2)10-16-20(17(24)11-21)14(22-25)9-15-13-8-19(27-4)18(26-3)7-12(13)5-6-23(15)16/h7-8,15,25H,5-6,9-11H2,1-4H3/t15-/m1/s1. The number of Topliss-reactive ketones (excluding diaryl/α,β-unsaturated/α-hetero) is 1. The van der Waals surface area contributed by atoms with Gasteiger partial charge >= 0.3 is 0 Å². The Bertz CT molecular complexity index is 869. The van der Waals surface area contributed by atoms with Crippen molar-refractivity contribution in [1.29, 1.82) is 0 Å². The molecule has 1 aromatic carbocycles. The lowest BCUT2D eigenvalue weighted by atomic mass is 9.71. The molecule has 3 aliphatic rings. The summed E-state index contributed by atoms with van der Waals surface area (Å²) < 4.78 is 11.0. The van der Waals surface area contributed by atoms with Gasteiger partial charge in [-0.3, -0.25) is 4.79 Å². The first-order valence-electron chi connectivity index (χ1n) is 9.37. The smallest absolute Gasteiger partial charge is 0.167 e. The topological polar surface area (TPSA) is 71.4 Å². The number of carbonyl (C=O) groups excluding carboxylic acids is 1. The summed E-state index contributed by atoms with van der Waals surface area (Å²) in [5.74, 6) is 1.51. The molecule has 27 heavy (non-hydrogen) atoms. The lowest BCUT2D eigenvalue weighted by molar-refractivity contribution is -0.118. The fraction of sp³-hybridized carbons (Fsp3) is 0.524. The number of oxime groups is 1. The van der Waals surface area contributed by atoms with Crippen molar-refractivity contribution in [2.75, 3.05) is 20.8 Å². The first kappa shape index (κ1) is 17.9. The minimum atomic E-state index is -0.0871. The molecule has 0 bridgehead atoms. The van der Waals surface area contributed by atoms with E-state index < -0.39 is 0 Å². The molecule has 0 radical (unpaired) electrons. The summed E-state index contributed by atoms with van der Waals surface area (Å²) in [6, 6.07) is 4.11. The molecule has 1 atom stereocenters. The van der Waals surface area contributed by atoms with E-state index in [4.69, 9.17) is 9.47 Å². The second kappa shape index (κ2) is 6.29. The van der Waals surface area contributed by atoms with Gasteiger partial charge in [-0.15, -0.1) is 0 Å². The summed E-state index contributed by atoms with van der Waals surface area (Å²) in [6.07, 6.45) is 2.70. The normalized spacial score (nSPS) is 25.0. The van der Waals surface area contributed by atoms with Crippen molar-refractivity contribution >= 4 is 11.5 Å². The van der Waals surface area contributed by atoms with Gasteiger partial charge in [0.2, 0.25) is 0 Å². The molecule has 0 spiro atoms. The van der Waals surface area contributed by atoms with Crippen LogP contribution in [-0.4, -0.2) is 42.4 Å². The molecule has 0 unspecified atom stereocenters. The van der Waals surface area contributed by atoms with E-state index in [1.165, 1.54) is 5.56 Å². The van der Waals surface area contributed by atoms with Crippen LogP contribution in [0.25, 0.3) is 0 Å². The van der Waals surface area contributed by atoms with E-state index in [-0.39, 0.29) is 17.2 Å². The number of ether oxygens (including phenoxy) is 2. The number of fused-ring (bicyclic) bond motifs is 4. The Labute approximate surface area is 159 Å². The molecule has 0 amide bonds. The molecular weight excluding hydrogens is 344 g/mol. The molecule has 144 valence electrons. The average molecular weight is 370 g/mol. The van der Waals surface area contributed by atoms with Gasteiger partial charge < -0.3 is 19.6 Å². The molecule has 0 aromatic heterocycles. The van der Waals surface area contributed by atoms with E-state index >= 15 is 0 Å². The number of allylic oxidation sites excluding steroid dienone is 2. The molecule has 2 aliphatic heterocycles. The van der Waals surface area contributed by atoms with E-state index in [0.717, 1.165) is 36.4 Å². The van der Waals surface area contributed by atoms with Crippen molar-refractivity contribution in [3.05, 3.63) is 34.5 Å². The molecular formula is C21H26N2O4. The zero-order valence-electron chi connectivity index (χ0n) is 16.3. The van der Waals surface area contributed by atoms with Gasteiger partial charge in [-0.05, 0) is 41.5 Å². The van der Waals surface area contributed by atoms with E-state index in [0.29, 0.717) is 29.9 Å². The molecule has 2 heterocycles. The minimum Gasteiger partial charge on any atom is -0.493 e. The molecule has 0 saturated carbocycles. The maximum absolute atomic E-state index is 12.8. The van der Waals surface area contributed by atoms with Crippen molar-refractivity contribution in [1.82, 2.24) is 4.90 Å². The Hall–Kier alpha value is -2.50. The first-order valence-corrected chi connectivity index (χ1v) is 9.37. The molecule has 1 aliphatic carbocycles. The Balaban J connectivity index is 1.84. The second-order valence-electron chi connectivity index (χ2n) is 8.38. The van der Waals surface area contributed by atoms with E-state index in [1.807, 2.05) is 12.1 Å². The number of methoxy groups -OCH3 is 2. The predicted molar refractivity (Wildman–Crippen MR) is 102 cm³/mol. The summed E-state index contributed by atoms with van der Waals surface area (Å²) in [6.45, 7) is 5.09. The van der Waals surface area contributed by atoms with Crippen LogP contribution in [0.1, 0.15) is 50.3 Å². The quantitative estimate of drug-likeness (QED) is 0.637. The van der Waals surface area contributed by atoms with Crippen molar-refractivity contribution in [2.24, 2.45) is 10.6 Å². The van der Waals surface area contributed by atoms with Crippen LogP contribution < -0.4 is 9.47 Å². The van der Waals surface area contributed by atoms with Crippen LogP contribution in [0.3, 0.4) is 0 Å². The van der Waals surface area contributed by atoms with Gasteiger partial charge in [0, 0.05) is 25.1 Å². The fourth-order valence-corrected chi connectivity index (χ4v) is 4.81. The van der Waals surface area contributed by atoms with Crippen LogP contribution in [0.5, 0.6) is 11.5 Å². The van der Waals surface area contributed by atoms with E-state index in [2.05, 4.69) is 23.9 Å². The summed E-state index contributed by atoms with van der Waals surface area (Å²) in [7, 11) is 3.28. The van der Waals surface area contributed by atoms with Gasteiger partial charge in [0.1, 0.15) is 0 Å². The van der Waals surface area contributed by atoms with Crippen molar-refractivity contribution in [3.63, 3.8) is 0 Å². The summed E-state index contributed by atoms with van der Waals surface area (Å²) in [5, 5.41) is 13.2. The fourth-order valence-electron chi connectivity index (χ4n) is 4.81. The SMILES string of the molecule is COc1cc2c(cc1OC)[C@H]1CC(=NO)C3=C(CC(C)(C)CC3=O)N1CC2. The first-order chi connectivity index (χ1) is 12.9. The van der Waals surface area contributed by atoms with Crippen LogP contribution in [0.2, 0.25) is 0 Å². The van der Waals surface area contributed by atoms with Crippen LogP contribution in [0.15, 0.2) is 28.6 Å². The molecule has 1 N–H and O–H groups in total. The lowest BCUT2D eigenvalue weighted by Crippen LogP contribution is -2.45. The number of benzene rings is 1. The number of carbonyl (C=O) groups is 1. The summed E-state index contributed by atoms with van der Waals surface area (Å²) in [4.78, 5) is 15.1. The van der Waals surface area contributed by atoms with Crippen molar-refractivity contribution in [2.45, 2.75) is 45.6 Å². The van der Waals surface area contributed by atoms with Gasteiger partial charge in [0.25, 0.3) is 0 Å². The molecule has 6 heteroatoms. The largest absolute Gasteiger partial charge is 0.493 e. The zero-order chi connectivity index (χ0) is 19.3. The molecule has 1 aromatic rings. The van der Waals surface area contributed by atoms with Gasteiger partial charge in [-0.2, -0.15) is 0 Å². The van der Waals surface area contributed by atoms with Crippen molar-refractivity contribution < 1.29 is 19.5 Å². The highest BCUT2D eigenvalue weighted by Gasteiger charge is 2.44. The molecule has 4 rings (SSSR count). The minimum absolute atomic E-state index is 0.0416. The van der Waals surface area contributed by atoms with E-state index in [1.54, 1.807) is 14.2 Å². The molecule has 0 fully saturated rings. The van der Waals surface area contributed by atoms with Gasteiger partial charge in [-0.25, -0.2) is 0 Å². The number of nitrogens with zero attached hydrogens (tertiary/aromatic N) is 2. The Morgan fingerprint density at radius 2 is 1.89 bits per heavy atom. The predicted octanol–water partition coefficient (Wildman–Crippen LogP) is 3.48. The Morgan fingerprint density at radius 1 is 1.19 bits per heavy atom. The van der Waals surface area contributed by atoms with Gasteiger partial charge in [0.05, 0.1) is 31.5 Å². The van der Waals surface area contributed by atoms with Crippen molar-refractivity contribution in [3.8, 4) is 11.5 Å².